The van der Waals surface area contributed by atoms with Gasteiger partial charge in [-0.3, -0.25) is 0 Å². The fourth-order valence-corrected chi connectivity index (χ4v) is 5.92. The van der Waals surface area contributed by atoms with E-state index in [1.54, 1.807) is 12.5 Å². The summed E-state index contributed by atoms with van der Waals surface area (Å²) in [6.07, 6.45) is 3.31. The lowest BCUT2D eigenvalue weighted by atomic mass is 10.0. The number of furan rings is 3. The average molecular weight is 585 g/mol. The van der Waals surface area contributed by atoms with E-state index >= 15 is 0 Å². The van der Waals surface area contributed by atoms with Gasteiger partial charge in [0.05, 0.1) is 35.3 Å². The van der Waals surface area contributed by atoms with Crippen molar-refractivity contribution in [3.8, 4) is 68.2 Å². The van der Waals surface area contributed by atoms with Gasteiger partial charge in [0.25, 0.3) is 0 Å². The molecule has 4 aromatic carbocycles. The summed E-state index contributed by atoms with van der Waals surface area (Å²) in [6, 6.07) is 40.4. The lowest BCUT2D eigenvalue weighted by Gasteiger charge is -2.05. The van der Waals surface area contributed by atoms with Gasteiger partial charge in [-0.2, -0.15) is 0 Å². The third kappa shape index (κ3) is 4.29. The highest BCUT2D eigenvalue weighted by molar-refractivity contribution is 6.08. The first kappa shape index (κ1) is 25.2. The first-order valence-corrected chi connectivity index (χ1v) is 14.6. The van der Waals surface area contributed by atoms with E-state index in [9.17, 15) is 0 Å². The van der Waals surface area contributed by atoms with E-state index in [1.165, 1.54) is 0 Å². The molecule has 214 valence electrons. The number of rotatable bonds is 6. The minimum atomic E-state index is 0.674. The number of imidazole rings is 2. The van der Waals surface area contributed by atoms with E-state index in [1.807, 2.05) is 72.8 Å². The Labute approximate surface area is 256 Å². The van der Waals surface area contributed by atoms with Crippen LogP contribution in [-0.4, -0.2) is 19.9 Å². The van der Waals surface area contributed by atoms with Crippen molar-refractivity contribution in [1.29, 1.82) is 0 Å². The maximum absolute atomic E-state index is 6.31. The molecule has 0 aliphatic heterocycles. The van der Waals surface area contributed by atoms with Gasteiger partial charge >= 0.3 is 0 Å². The molecule has 5 aromatic heterocycles. The largest absolute Gasteiger partial charge is 0.461 e. The fraction of sp³-hybridized carbons (Fsp3) is 0. The topological polar surface area (TPSA) is 96.8 Å². The number of aromatic amines is 2. The van der Waals surface area contributed by atoms with Crippen LogP contribution in [0.2, 0.25) is 0 Å². The molecule has 9 rings (SSSR count). The molecule has 0 radical (unpaired) electrons. The van der Waals surface area contributed by atoms with Crippen molar-refractivity contribution in [2.24, 2.45) is 0 Å². The lowest BCUT2D eigenvalue weighted by molar-refractivity contribution is 0.578. The van der Waals surface area contributed by atoms with Crippen molar-refractivity contribution in [3.05, 3.63) is 134 Å². The van der Waals surface area contributed by atoms with Gasteiger partial charge in [-0.1, -0.05) is 60.7 Å². The molecular weight excluding hydrogens is 560 g/mol. The highest BCUT2D eigenvalue weighted by Crippen LogP contribution is 2.40. The van der Waals surface area contributed by atoms with Crippen molar-refractivity contribution in [2.45, 2.75) is 0 Å². The van der Waals surface area contributed by atoms with Crippen LogP contribution in [0, 0.1) is 0 Å². The van der Waals surface area contributed by atoms with Gasteiger partial charge in [0.1, 0.15) is 11.2 Å². The summed E-state index contributed by atoms with van der Waals surface area (Å²) >= 11 is 0. The number of benzene rings is 4. The predicted molar refractivity (Wildman–Crippen MR) is 175 cm³/mol. The number of fused-ring (bicyclic) bond motifs is 3. The predicted octanol–water partition coefficient (Wildman–Crippen LogP) is 10.2. The summed E-state index contributed by atoms with van der Waals surface area (Å²) < 4.78 is 17.7. The number of aromatic nitrogens is 4. The molecule has 9 aromatic rings. The van der Waals surface area contributed by atoms with Crippen LogP contribution in [0.15, 0.2) is 147 Å². The second-order valence-electron chi connectivity index (χ2n) is 10.8. The molecule has 0 spiro atoms. The molecule has 0 bridgehead atoms. The van der Waals surface area contributed by atoms with Crippen molar-refractivity contribution in [1.82, 2.24) is 19.9 Å². The first-order valence-electron chi connectivity index (χ1n) is 14.6. The van der Waals surface area contributed by atoms with Crippen LogP contribution >= 0.6 is 0 Å². The van der Waals surface area contributed by atoms with Gasteiger partial charge in [-0.15, -0.1) is 0 Å². The zero-order valence-corrected chi connectivity index (χ0v) is 23.8. The van der Waals surface area contributed by atoms with E-state index in [-0.39, 0.29) is 0 Å². The summed E-state index contributed by atoms with van der Waals surface area (Å²) in [5.41, 5.74) is 9.14. The Balaban J connectivity index is 1.21. The van der Waals surface area contributed by atoms with Crippen molar-refractivity contribution >= 4 is 21.9 Å². The molecular formula is C38H24N4O3. The van der Waals surface area contributed by atoms with Crippen molar-refractivity contribution in [2.75, 3.05) is 0 Å². The monoisotopic (exact) mass is 584 g/mol. The Morgan fingerprint density at radius 1 is 0.444 bits per heavy atom. The number of hydrogen-bond acceptors (Lipinski definition) is 5. The molecule has 0 saturated heterocycles. The Kier molecular flexibility index (Phi) is 5.67. The van der Waals surface area contributed by atoms with Gasteiger partial charge in [0.2, 0.25) is 0 Å². The Morgan fingerprint density at radius 3 is 1.33 bits per heavy atom. The number of H-pyrrole nitrogens is 2. The van der Waals surface area contributed by atoms with Gasteiger partial charge in [0.15, 0.2) is 23.2 Å². The summed E-state index contributed by atoms with van der Waals surface area (Å²) in [4.78, 5) is 17.0. The quantitative estimate of drug-likeness (QED) is 0.203. The number of hydrogen-bond donors (Lipinski definition) is 2. The lowest BCUT2D eigenvalue weighted by Crippen LogP contribution is -1.85. The van der Waals surface area contributed by atoms with Crippen LogP contribution in [0.5, 0.6) is 0 Å². The van der Waals surface area contributed by atoms with E-state index < -0.39 is 0 Å². The third-order valence-corrected chi connectivity index (χ3v) is 8.06. The van der Waals surface area contributed by atoms with Gasteiger partial charge < -0.3 is 23.2 Å². The van der Waals surface area contributed by atoms with Crippen LogP contribution in [0.3, 0.4) is 0 Å². The van der Waals surface area contributed by atoms with Crippen LogP contribution < -0.4 is 0 Å². The second kappa shape index (κ2) is 10.1. The zero-order valence-electron chi connectivity index (χ0n) is 23.8. The maximum atomic E-state index is 6.31. The molecule has 0 aliphatic rings. The van der Waals surface area contributed by atoms with Crippen molar-refractivity contribution < 1.29 is 13.3 Å². The second-order valence-corrected chi connectivity index (χ2v) is 10.8. The molecule has 2 N–H and O–H groups in total. The molecule has 0 saturated carbocycles. The summed E-state index contributed by atoms with van der Waals surface area (Å²) in [7, 11) is 0. The Bertz CT molecular complexity index is 2240. The summed E-state index contributed by atoms with van der Waals surface area (Å²) in [6.45, 7) is 0. The zero-order chi connectivity index (χ0) is 29.7. The van der Waals surface area contributed by atoms with Crippen LogP contribution in [0.4, 0.5) is 0 Å². The molecule has 7 nitrogen and oxygen atoms in total. The standard InChI is InChI=1S/C38H24N4O3/c1-3-9-23(10-4-1)33-35(41-37(39-33)31-13-7-19-43-31)25-15-17-29-27(21-25)28-22-26(16-18-30(28)45-29)36-34(24-11-5-2-6-12-24)40-38(42-36)32-14-8-20-44-32/h1-22H,(H,39,41)(H,40,42). The molecule has 0 fully saturated rings. The first-order chi connectivity index (χ1) is 22.3. The summed E-state index contributed by atoms with van der Waals surface area (Å²) in [5.74, 6) is 2.71. The SMILES string of the molecule is c1ccc(-c2nc(-c3ccco3)[nH]c2-c2ccc3oc4ccc(-c5[nH]c(-c6ccco6)nc5-c5ccccc5)cc4c3c2)cc1. The minimum absolute atomic E-state index is 0.674. The fourth-order valence-electron chi connectivity index (χ4n) is 5.92. The van der Waals surface area contributed by atoms with Crippen LogP contribution in [0.25, 0.3) is 90.1 Å². The number of nitrogens with zero attached hydrogens (tertiary/aromatic N) is 2. The van der Waals surface area contributed by atoms with Crippen molar-refractivity contribution in [3.63, 3.8) is 0 Å². The average Bonchev–Trinajstić information content (AvgIpc) is 3.94. The van der Waals surface area contributed by atoms with E-state index in [0.717, 1.165) is 67.0 Å². The molecule has 0 aliphatic carbocycles. The molecule has 45 heavy (non-hydrogen) atoms. The van der Waals surface area contributed by atoms with Crippen LogP contribution in [-0.2, 0) is 0 Å². The number of nitrogens with one attached hydrogen (secondary N) is 2. The molecule has 5 heterocycles. The highest BCUT2D eigenvalue weighted by Gasteiger charge is 2.20. The molecule has 0 atom stereocenters. The van der Waals surface area contributed by atoms with E-state index in [0.29, 0.717) is 23.2 Å². The van der Waals surface area contributed by atoms with Gasteiger partial charge in [-0.05, 0) is 60.7 Å². The normalized spacial score (nSPS) is 11.6. The van der Waals surface area contributed by atoms with Gasteiger partial charge in [-0.25, -0.2) is 9.97 Å². The van der Waals surface area contributed by atoms with E-state index in [2.05, 4.69) is 58.5 Å². The summed E-state index contributed by atoms with van der Waals surface area (Å²) in [5, 5.41) is 2.01. The van der Waals surface area contributed by atoms with Crippen LogP contribution in [0.1, 0.15) is 0 Å². The molecule has 0 unspecified atom stereocenters. The minimum Gasteiger partial charge on any atom is -0.461 e. The maximum Gasteiger partial charge on any atom is 0.174 e. The smallest absolute Gasteiger partial charge is 0.174 e. The Morgan fingerprint density at radius 2 is 0.911 bits per heavy atom. The highest BCUT2D eigenvalue weighted by atomic mass is 16.3. The third-order valence-electron chi connectivity index (χ3n) is 8.06. The van der Waals surface area contributed by atoms with E-state index in [4.69, 9.17) is 23.2 Å². The van der Waals surface area contributed by atoms with Gasteiger partial charge in [0, 0.05) is 33.0 Å². The molecule has 0 amide bonds. The molecule has 7 heteroatoms. The Hall–Kier alpha value is -6.34.